The average Bonchev–Trinajstić information content (AvgIpc) is 2.38. The van der Waals surface area contributed by atoms with Crippen LogP contribution in [-0.4, -0.2) is 22.0 Å². The molecule has 0 aliphatic heterocycles. The van der Waals surface area contributed by atoms with Gasteiger partial charge in [-0.05, 0) is 29.3 Å². The van der Waals surface area contributed by atoms with Crippen molar-refractivity contribution in [2.24, 2.45) is 0 Å². The van der Waals surface area contributed by atoms with Crippen LogP contribution < -0.4 is 10.9 Å². The number of anilines is 1. The summed E-state index contributed by atoms with van der Waals surface area (Å²) >= 11 is 0. The first-order valence-corrected chi connectivity index (χ1v) is 5.81. The molecular weight excluding hydrogens is 260 g/mol. The number of rotatable bonds is 3. The van der Waals surface area contributed by atoms with Gasteiger partial charge in [-0.3, -0.25) is 9.59 Å². The molecule has 1 aromatic heterocycles. The molecule has 1 amide bonds. The second-order valence-electron chi connectivity index (χ2n) is 4.20. The lowest BCUT2D eigenvalue weighted by Gasteiger charge is -2.06. The zero-order valence-corrected chi connectivity index (χ0v) is 10.6. The largest absolute Gasteiger partial charge is 0.477 e. The standard InChI is InChI=1S/C14H12N2O4/c1-8(17)16-11-4-2-3-9(5-11)10-6-12(14(19)20)13(18)15-7-10/h2-7H,1H3,(H,15,18)(H,16,17)(H,19,20). The van der Waals surface area contributed by atoms with Crippen molar-refractivity contribution in [3.05, 3.63) is 52.4 Å². The van der Waals surface area contributed by atoms with E-state index in [4.69, 9.17) is 5.11 Å². The number of carboxylic acid groups (broad SMARTS) is 1. The average molecular weight is 272 g/mol. The molecule has 6 heteroatoms. The Morgan fingerprint density at radius 3 is 2.60 bits per heavy atom. The number of nitrogens with one attached hydrogen (secondary N) is 2. The van der Waals surface area contributed by atoms with Crippen molar-refractivity contribution in [1.82, 2.24) is 4.98 Å². The summed E-state index contributed by atoms with van der Waals surface area (Å²) in [4.78, 5) is 35.7. The molecule has 6 nitrogen and oxygen atoms in total. The van der Waals surface area contributed by atoms with Crippen LogP contribution in [0.25, 0.3) is 11.1 Å². The fraction of sp³-hybridized carbons (Fsp3) is 0.0714. The maximum atomic E-state index is 11.4. The molecular formula is C14H12N2O4. The van der Waals surface area contributed by atoms with Crippen molar-refractivity contribution in [3.63, 3.8) is 0 Å². The summed E-state index contributed by atoms with van der Waals surface area (Å²) in [6, 6.07) is 8.19. The van der Waals surface area contributed by atoms with Gasteiger partial charge >= 0.3 is 5.97 Å². The first-order chi connectivity index (χ1) is 9.47. The van der Waals surface area contributed by atoms with E-state index < -0.39 is 11.5 Å². The molecule has 0 aliphatic carbocycles. The minimum atomic E-state index is -1.29. The Labute approximate surface area is 114 Å². The summed E-state index contributed by atoms with van der Waals surface area (Å²) < 4.78 is 0. The van der Waals surface area contributed by atoms with Crippen LogP contribution in [0.15, 0.2) is 41.3 Å². The minimum Gasteiger partial charge on any atom is -0.477 e. The smallest absolute Gasteiger partial charge is 0.341 e. The Morgan fingerprint density at radius 2 is 1.95 bits per heavy atom. The lowest BCUT2D eigenvalue weighted by Crippen LogP contribution is -2.16. The first-order valence-electron chi connectivity index (χ1n) is 5.81. The van der Waals surface area contributed by atoms with Crippen molar-refractivity contribution in [2.75, 3.05) is 5.32 Å². The molecule has 2 aromatic rings. The van der Waals surface area contributed by atoms with Gasteiger partial charge in [-0.1, -0.05) is 12.1 Å². The number of aromatic nitrogens is 1. The molecule has 0 saturated heterocycles. The number of carboxylic acids is 1. The number of aromatic amines is 1. The molecule has 0 fully saturated rings. The van der Waals surface area contributed by atoms with Crippen LogP contribution in [0.5, 0.6) is 0 Å². The van der Waals surface area contributed by atoms with E-state index in [1.54, 1.807) is 24.3 Å². The summed E-state index contributed by atoms with van der Waals surface area (Å²) in [7, 11) is 0. The number of hydrogen-bond donors (Lipinski definition) is 3. The van der Waals surface area contributed by atoms with Crippen molar-refractivity contribution in [2.45, 2.75) is 6.92 Å². The van der Waals surface area contributed by atoms with E-state index in [-0.39, 0.29) is 11.5 Å². The fourth-order valence-corrected chi connectivity index (χ4v) is 1.79. The van der Waals surface area contributed by atoms with Crippen LogP contribution >= 0.6 is 0 Å². The molecule has 3 N–H and O–H groups in total. The van der Waals surface area contributed by atoms with E-state index in [9.17, 15) is 14.4 Å². The van der Waals surface area contributed by atoms with Gasteiger partial charge in [0.15, 0.2) is 0 Å². The topological polar surface area (TPSA) is 99.3 Å². The molecule has 102 valence electrons. The molecule has 0 bridgehead atoms. The number of pyridine rings is 1. The summed E-state index contributed by atoms with van der Waals surface area (Å²) in [6.07, 6.45) is 1.43. The lowest BCUT2D eigenvalue weighted by atomic mass is 10.1. The molecule has 0 radical (unpaired) electrons. The summed E-state index contributed by atoms with van der Waals surface area (Å²) in [5, 5.41) is 11.6. The van der Waals surface area contributed by atoms with E-state index in [1.807, 2.05) is 0 Å². The van der Waals surface area contributed by atoms with E-state index in [1.165, 1.54) is 19.2 Å². The zero-order valence-electron chi connectivity index (χ0n) is 10.6. The zero-order chi connectivity index (χ0) is 14.7. The van der Waals surface area contributed by atoms with Gasteiger partial charge in [-0.15, -0.1) is 0 Å². The second kappa shape index (κ2) is 5.40. The van der Waals surface area contributed by atoms with Crippen molar-refractivity contribution >= 4 is 17.6 Å². The monoisotopic (exact) mass is 272 g/mol. The minimum absolute atomic E-state index is 0.199. The SMILES string of the molecule is CC(=O)Nc1cccc(-c2c[nH]c(=O)c(C(=O)O)c2)c1. The highest BCUT2D eigenvalue weighted by Crippen LogP contribution is 2.22. The van der Waals surface area contributed by atoms with Crippen LogP contribution in [0, 0.1) is 0 Å². The summed E-state index contributed by atoms with van der Waals surface area (Å²) in [6.45, 7) is 1.40. The van der Waals surface area contributed by atoms with Gasteiger partial charge < -0.3 is 15.4 Å². The van der Waals surface area contributed by atoms with Gasteiger partial charge in [0.25, 0.3) is 5.56 Å². The normalized spacial score (nSPS) is 10.1. The highest BCUT2D eigenvalue weighted by atomic mass is 16.4. The number of carbonyl (C=O) groups excluding carboxylic acids is 1. The maximum absolute atomic E-state index is 11.4. The van der Waals surface area contributed by atoms with Gasteiger partial charge in [0.05, 0.1) is 0 Å². The Morgan fingerprint density at radius 1 is 1.20 bits per heavy atom. The van der Waals surface area contributed by atoms with E-state index in [0.29, 0.717) is 16.8 Å². The van der Waals surface area contributed by atoms with Crippen LogP contribution in [-0.2, 0) is 4.79 Å². The van der Waals surface area contributed by atoms with Crippen LogP contribution in [0.2, 0.25) is 0 Å². The number of H-pyrrole nitrogens is 1. The van der Waals surface area contributed by atoms with Gasteiger partial charge in [0.1, 0.15) is 5.56 Å². The molecule has 0 saturated carbocycles. The lowest BCUT2D eigenvalue weighted by molar-refractivity contribution is -0.114. The van der Waals surface area contributed by atoms with Gasteiger partial charge in [0.2, 0.25) is 5.91 Å². The molecule has 20 heavy (non-hydrogen) atoms. The van der Waals surface area contributed by atoms with E-state index in [0.717, 1.165) is 0 Å². The van der Waals surface area contributed by atoms with Crippen molar-refractivity contribution < 1.29 is 14.7 Å². The van der Waals surface area contributed by atoms with Crippen LogP contribution in [0.3, 0.4) is 0 Å². The number of hydrogen-bond acceptors (Lipinski definition) is 3. The van der Waals surface area contributed by atoms with Crippen LogP contribution in [0.1, 0.15) is 17.3 Å². The number of carbonyl (C=O) groups is 2. The first kappa shape index (κ1) is 13.5. The fourth-order valence-electron chi connectivity index (χ4n) is 1.79. The quantitative estimate of drug-likeness (QED) is 0.791. The van der Waals surface area contributed by atoms with E-state index in [2.05, 4.69) is 10.3 Å². The van der Waals surface area contributed by atoms with Gasteiger partial charge in [0, 0.05) is 18.8 Å². The Balaban J connectivity index is 2.46. The number of benzene rings is 1. The van der Waals surface area contributed by atoms with Crippen molar-refractivity contribution in [3.8, 4) is 11.1 Å². The Kier molecular flexibility index (Phi) is 3.65. The highest BCUT2D eigenvalue weighted by molar-refractivity contribution is 5.90. The summed E-state index contributed by atoms with van der Waals surface area (Å²) in [5.41, 5.74) is 0.856. The molecule has 0 unspecified atom stereocenters. The summed E-state index contributed by atoms with van der Waals surface area (Å²) in [5.74, 6) is -1.49. The van der Waals surface area contributed by atoms with Gasteiger partial charge in [-0.2, -0.15) is 0 Å². The molecule has 1 aromatic carbocycles. The van der Waals surface area contributed by atoms with Crippen molar-refractivity contribution in [1.29, 1.82) is 0 Å². The Bertz CT molecular complexity index is 734. The predicted octanol–water partition coefficient (Wildman–Crippen LogP) is 1.70. The molecule has 1 heterocycles. The number of amides is 1. The highest BCUT2D eigenvalue weighted by Gasteiger charge is 2.10. The molecule has 0 spiro atoms. The third kappa shape index (κ3) is 2.92. The third-order valence-corrected chi connectivity index (χ3v) is 2.65. The molecule has 2 rings (SSSR count). The third-order valence-electron chi connectivity index (χ3n) is 2.65. The van der Waals surface area contributed by atoms with E-state index >= 15 is 0 Å². The Hall–Kier alpha value is -2.89. The second-order valence-corrected chi connectivity index (χ2v) is 4.20. The maximum Gasteiger partial charge on any atom is 0.341 e. The molecule has 0 aliphatic rings. The molecule has 0 atom stereocenters. The van der Waals surface area contributed by atoms with Gasteiger partial charge in [-0.25, -0.2) is 4.79 Å². The number of aromatic carboxylic acids is 1. The van der Waals surface area contributed by atoms with Crippen LogP contribution in [0.4, 0.5) is 5.69 Å². The predicted molar refractivity (Wildman–Crippen MR) is 73.8 cm³/mol.